The number of nitrogens with two attached hydrogens (primary N) is 1. The number of carboxylic acid groups (broad SMARTS) is 1. The van der Waals surface area contributed by atoms with Crippen LogP contribution in [0.15, 0.2) is 30.3 Å². The summed E-state index contributed by atoms with van der Waals surface area (Å²) in [5, 5.41) is 41.2. The number of amides is 8. The number of thioether (sulfide) groups is 1. The van der Waals surface area contributed by atoms with E-state index in [1.54, 1.807) is 30.3 Å². The summed E-state index contributed by atoms with van der Waals surface area (Å²) < 4.78 is 0. The van der Waals surface area contributed by atoms with Crippen LogP contribution in [0.1, 0.15) is 69.8 Å². The number of aliphatic carboxylic acids is 1. The Hall–Kier alpha value is -5.60. The number of carbonyl (C=O) groups excluding carboxylic acids is 7. The Kier molecular flexibility index (Phi) is 17.9. The Morgan fingerprint density at radius 3 is 2.10 bits per heavy atom. The third-order valence-corrected chi connectivity index (χ3v) is 11.5. The lowest BCUT2D eigenvalue weighted by atomic mass is 10.0. The first-order valence-electron chi connectivity index (χ1n) is 19.6. The Morgan fingerprint density at radius 2 is 1.38 bits per heavy atom. The van der Waals surface area contributed by atoms with E-state index >= 15 is 0 Å². The SMILES string of the molecule is N=C(N)NCCC[C@@H]1NC(=O)[C@H](CCCCNC(=O)CCCC[C@@H]2SC[C@@H]3NC(=O)N[C@@H]32)NC(=O)[C@@H](Cc2ccccc2)NC(=O)[C@H](CC(=O)O)NC(=O)CNC1=O. The van der Waals surface area contributed by atoms with E-state index in [4.69, 9.17) is 11.1 Å². The van der Waals surface area contributed by atoms with Crippen molar-refractivity contribution in [2.45, 2.75) is 112 Å². The van der Waals surface area contributed by atoms with E-state index in [2.05, 4.69) is 47.9 Å². The van der Waals surface area contributed by atoms with Crippen molar-refractivity contribution in [1.82, 2.24) is 47.9 Å². The van der Waals surface area contributed by atoms with Crippen molar-refractivity contribution in [3.8, 4) is 0 Å². The number of hydrogen-bond donors (Lipinski definition) is 12. The quantitative estimate of drug-likeness (QED) is 0.0333. The standard InChI is InChI=1S/C37H55N11O9S/c38-36(39)41-16-8-12-22-32(53)42-19-29(50)43-25(18-30(51)52)35(56)46-24(17-21-9-2-1-3-10-21)34(55)45-23(33(54)44-22)11-6-7-15-40-28(49)14-5-4-13-27-31-26(20-58-27)47-37(57)48-31/h1-3,9-10,22-27,31H,4-8,11-20H2,(H,40,49)(H,42,53)(H,43,50)(H,44,54)(H,45,55)(H,46,56)(H,51,52)(H4,38,39,41)(H2,47,48,57)/t22-,23-,24+,25-,26-,27-,31-/m0/s1. The average molecular weight is 830 g/mol. The van der Waals surface area contributed by atoms with Gasteiger partial charge in [-0.15, -0.1) is 0 Å². The minimum atomic E-state index is -1.59. The molecule has 13 N–H and O–H groups in total. The Labute approximate surface area is 340 Å². The minimum absolute atomic E-state index is 0.0350. The van der Waals surface area contributed by atoms with Crippen molar-refractivity contribution in [1.29, 1.82) is 5.41 Å². The summed E-state index contributed by atoms with van der Waals surface area (Å²) in [5.74, 6) is -4.96. The van der Waals surface area contributed by atoms with E-state index in [0.717, 1.165) is 18.6 Å². The topological polar surface area (TPSA) is 315 Å². The highest BCUT2D eigenvalue weighted by atomic mass is 32.2. The van der Waals surface area contributed by atoms with Gasteiger partial charge in [-0.2, -0.15) is 11.8 Å². The molecule has 1 aromatic carbocycles. The number of nitrogens with one attached hydrogen (secondary N) is 10. The van der Waals surface area contributed by atoms with Gasteiger partial charge in [0.2, 0.25) is 35.4 Å². The van der Waals surface area contributed by atoms with Gasteiger partial charge in [-0.3, -0.25) is 39.0 Å². The van der Waals surface area contributed by atoms with Gasteiger partial charge in [0.05, 0.1) is 25.0 Å². The summed E-state index contributed by atoms with van der Waals surface area (Å²) in [6, 6.07) is 3.55. The molecule has 0 unspecified atom stereocenters. The zero-order valence-corrected chi connectivity index (χ0v) is 33.1. The van der Waals surface area contributed by atoms with Crippen LogP contribution >= 0.6 is 11.8 Å². The maximum Gasteiger partial charge on any atom is 0.315 e. The van der Waals surface area contributed by atoms with E-state index in [9.17, 15) is 43.5 Å². The second kappa shape index (κ2) is 23.0. The van der Waals surface area contributed by atoms with Crippen molar-refractivity contribution in [3.05, 3.63) is 35.9 Å². The fraction of sp³-hybridized carbons (Fsp3) is 0.595. The number of hydrogen-bond acceptors (Lipinski definition) is 10. The monoisotopic (exact) mass is 829 g/mol. The number of carboxylic acids is 1. The Morgan fingerprint density at radius 1 is 0.741 bits per heavy atom. The molecular weight excluding hydrogens is 775 g/mol. The van der Waals surface area contributed by atoms with Gasteiger partial charge in [-0.1, -0.05) is 36.8 Å². The smallest absolute Gasteiger partial charge is 0.315 e. The predicted molar refractivity (Wildman–Crippen MR) is 213 cm³/mol. The van der Waals surface area contributed by atoms with Crippen molar-refractivity contribution >= 4 is 65.2 Å². The summed E-state index contributed by atoms with van der Waals surface area (Å²) in [6.07, 6.45) is 3.16. The third kappa shape index (κ3) is 15.1. The zero-order valence-electron chi connectivity index (χ0n) is 32.2. The van der Waals surface area contributed by atoms with Gasteiger partial charge in [0.15, 0.2) is 5.96 Å². The van der Waals surface area contributed by atoms with E-state index in [-0.39, 0.29) is 62.2 Å². The Bertz CT molecular complexity index is 1650. The molecule has 4 rings (SSSR count). The van der Waals surface area contributed by atoms with Gasteiger partial charge < -0.3 is 58.7 Å². The molecule has 3 heterocycles. The normalized spacial score (nSPS) is 25.2. The van der Waals surface area contributed by atoms with Crippen LogP contribution in [0.2, 0.25) is 0 Å². The summed E-state index contributed by atoms with van der Waals surface area (Å²) in [5.41, 5.74) is 6.01. The molecule has 8 amide bonds. The molecule has 3 fully saturated rings. The molecule has 0 radical (unpaired) electrons. The van der Waals surface area contributed by atoms with Crippen LogP contribution in [0.5, 0.6) is 0 Å². The lowest BCUT2D eigenvalue weighted by Crippen LogP contribution is -2.58. The van der Waals surface area contributed by atoms with Gasteiger partial charge in [0.25, 0.3) is 0 Å². The molecule has 7 atom stereocenters. The molecule has 0 aliphatic carbocycles. The summed E-state index contributed by atoms with van der Waals surface area (Å²) in [6.45, 7) is -0.128. The lowest BCUT2D eigenvalue weighted by molar-refractivity contribution is -0.141. The van der Waals surface area contributed by atoms with Crippen LogP contribution in [-0.2, 0) is 40.0 Å². The third-order valence-electron chi connectivity index (χ3n) is 9.94. The molecule has 3 saturated heterocycles. The molecule has 20 nitrogen and oxygen atoms in total. The van der Waals surface area contributed by atoms with Gasteiger partial charge in [-0.05, 0) is 50.5 Å². The maximum absolute atomic E-state index is 13.9. The molecule has 3 aliphatic rings. The molecule has 3 aliphatic heterocycles. The molecule has 0 aromatic heterocycles. The van der Waals surface area contributed by atoms with Crippen LogP contribution in [0.3, 0.4) is 0 Å². The van der Waals surface area contributed by atoms with E-state index in [1.165, 1.54) is 0 Å². The molecule has 21 heteroatoms. The second-order valence-electron chi connectivity index (χ2n) is 14.5. The second-order valence-corrected chi connectivity index (χ2v) is 15.8. The van der Waals surface area contributed by atoms with E-state index in [0.29, 0.717) is 43.0 Å². The number of urea groups is 1. The molecule has 58 heavy (non-hydrogen) atoms. The molecule has 0 saturated carbocycles. The largest absolute Gasteiger partial charge is 0.481 e. The van der Waals surface area contributed by atoms with Gasteiger partial charge in [0, 0.05) is 36.9 Å². The van der Waals surface area contributed by atoms with Gasteiger partial charge in [-0.25, -0.2) is 4.79 Å². The summed E-state index contributed by atoms with van der Waals surface area (Å²) in [7, 11) is 0. The van der Waals surface area contributed by atoms with Crippen LogP contribution in [0, 0.1) is 5.41 Å². The first-order valence-corrected chi connectivity index (χ1v) is 20.6. The first-order chi connectivity index (χ1) is 27.8. The minimum Gasteiger partial charge on any atom is -0.481 e. The number of unbranched alkanes of at least 4 members (excludes halogenated alkanes) is 2. The number of guanidine groups is 1. The highest BCUT2D eigenvalue weighted by Crippen LogP contribution is 2.33. The number of carbonyl (C=O) groups is 8. The van der Waals surface area contributed by atoms with Crippen LogP contribution in [0.25, 0.3) is 0 Å². The molecule has 1 aromatic rings. The van der Waals surface area contributed by atoms with Crippen molar-refractivity contribution in [3.63, 3.8) is 0 Å². The highest BCUT2D eigenvalue weighted by Gasteiger charge is 2.42. The fourth-order valence-electron chi connectivity index (χ4n) is 6.93. The van der Waals surface area contributed by atoms with Crippen molar-refractivity contribution in [2.75, 3.05) is 25.4 Å². The average Bonchev–Trinajstić information content (AvgIpc) is 3.74. The molecule has 0 spiro atoms. The molecular formula is C37H55N11O9S. The van der Waals surface area contributed by atoms with Crippen LogP contribution in [-0.4, -0.2) is 125 Å². The maximum atomic E-state index is 13.9. The van der Waals surface area contributed by atoms with Crippen LogP contribution < -0.4 is 53.6 Å². The highest BCUT2D eigenvalue weighted by molar-refractivity contribution is 8.00. The summed E-state index contributed by atoms with van der Waals surface area (Å²) >= 11 is 1.82. The zero-order chi connectivity index (χ0) is 42.0. The fourth-order valence-corrected chi connectivity index (χ4v) is 8.47. The first kappa shape index (κ1) is 45.1. The van der Waals surface area contributed by atoms with Gasteiger partial charge in [0.1, 0.15) is 24.2 Å². The van der Waals surface area contributed by atoms with E-state index < -0.39 is 72.6 Å². The number of benzene rings is 1. The summed E-state index contributed by atoms with van der Waals surface area (Å²) in [4.78, 5) is 103. The predicted octanol–water partition coefficient (Wildman–Crippen LogP) is -1.95. The van der Waals surface area contributed by atoms with Crippen molar-refractivity contribution in [2.24, 2.45) is 5.73 Å². The molecule has 318 valence electrons. The Balaban J connectivity index is 1.41. The van der Waals surface area contributed by atoms with E-state index in [1.807, 2.05) is 11.8 Å². The number of rotatable bonds is 18. The van der Waals surface area contributed by atoms with Gasteiger partial charge >= 0.3 is 12.0 Å². The number of fused-ring (bicyclic) bond motifs is 1. The lowest BCUT2D eigenvalue weighted by Gasteiger charge is -2.26. The van der Waals surface area contributed by atoms with Crippen molar-refractivity contribution < 1.29 is 43.5 Å². The molecule has 0 bridgehead atoms. The van der Waals surface area contributed by atoms with Crippen LogP contribution in [0.4, 0.5) is 4.79 Å².